The second-order valence-electron chi connectivity index (χ2n) is 5.51. The number of anilines is 3. The van der Waals surface area contributed by atoms with E-state index in [1.807, 2.05) is 29.2 Å². The average Bonchev–Trinajstić information content (AvgIpc) is 2.68. The van der Waals surface area contributed by atoms with E-state index < -0.39 is 0 Å². The van der Waals surface area contributed by atoms with Crippen molar-refractivity contribution >= 4 is 23.5 Å². The molecule has 0 radical (unpaired) electrons. The first-order chi connectivity index (χ1) is 12.2. The van der Waals surface area contributed by atoms with Gasteiger partial charge in [-0.3, -0.25) is 0 Å². The number of carbonyl (C=O) groups excluding carboxylic acids is 1. The zero-order chi connectivity index (χ0) is 17.6. The molecule has 1 aromatic heterocycles. The number of hydrogen-bond acceptors (Lipinski definition) is 7. The monoisotopic (exact) mass is 343 g/mol. The van der Waals surface area contributed by atoms with E-state index in [1.165, 1.54) is 7.11 Å². The van der Waals surface area contributed by atoms with Gasteiger partial charge >= 0.3 is 6.09 Å². The summed E-state index contributed by atoms with van der Waals surface area (Å²) in [4.78, 5) is 24.2. The third-order valence-corrected chi connectivity index (χ3v) is 4.01. The van der Waals surface area contributed by atoms with Gasteiger partial charge in [-0.1, -0.05) is 12.1 Å². The molecule has 1 saturated heterocycles. The van der Waals surface area contributed by atoms with Crippen LogP contribution in [-0.4, -0.2) is 61.4 Å². The maximum absolute atomic E-state index is 11.6. The molecule has 8 nitrogen and oxygen atoms in total. The normalized spacial score (nSPS) is 14.2. The predicted molar refractivity (Wildman–Crippen MR) is 94.5 cm³/mol. The summed E-state index contributed by atoms with van der Waals surface area (Å²) in [7, 11) is 3.03. The number of amides is 1. The van der Waals surface area contributed by atoms with Gasteiger partial charge in [0.15, 0.2) is 0 Å². The maximum atomic E-state index is 11.6. The molecular formula is C17H21N5O3. The summed E-state index contributed by atoms with van der Waals surface area (Å²) in [6, 6.07) is 9.46. The number of ether oxygens (including phenoxy) is 2. The van der Waals surface area contributed by atoms with E-state index in [-0.39, 0.29) is 6.09 Å². The third kappa shape index (κ3) is 3.90. The lowest BCUT2D eigenvalue weighted by atomic mass is 10.3. The topological polar surface area (TPSA) is 79.8 Å². The minimum absolute atomic E-state index is 0.299. The minimum atomic E-state index is -0.299. The van der Waals surface area contributed by atoms with Gasteiger partial charge in [-0.25, -0.2) is 9.78 Å². The van der Waals surface area contributed by atoms with Crippen LogP contribution in [0, 0.1) is 0 Å². The number of rotatable bonds is 4. The molecule has 1 N–H and O–H groups in total. The minimum Gasteiger partial charge on any atom is -0.495 e. The van der Waals surface area contributed by atoms with Crippen LogP contribution in [-0.2, 0) is 4.74 Å². The summed E-state index contributed by atoms with van der Waals surface area (Å²) < 4.78 is 10.1. The number of aromatic nitrogens is 2. The molecule has 1 amide bonds. The Balaban J connectivity index is 1.69. The van der Waals surface area contributed by atoms with E-state index in [1.54, 1.807) is 24.3 Å². The number of piperazine rings is 1. The number of hydrogen-bond donors (Lipinski definition) is 1. The smallest absolute Gasteiger partial charge is 0.409 e. The molecule has 132 valence electrons. The van der Waals surface area contributed by atoms with Gasteiger partial charge in [0.1, 0.15) is 11.6 Å². The van der Waals surface area contributed by atoms with Gasteiger partial charge in [0.05, 0.1) is 19.9 Å². The SMILES string of the molecule is COC(=O)N1CCN(c2nccc(Nc3ccccc3OC)n2)CC1. The van der Waals surface area contributed by atoms with Gasteiger partial charge in [0.2, 0.25) is 5.95 Å². The summed E-state index contributed by atoms with van der Waals surface area (Å²) in [5.74, 6) is 2.06. The summed E-state index contributed by atoms with van der Waals surface area (Å²) >= 11 is 0. The molecule has 2 heterocycles. The van der Waals surface area contributed by atoms with Gasteiger partial charge in [0.25, 0.3) is 0 Å². The van der Waals surface area contributed by atoms with E-state index in [2.05, 4.69) is 15.3 Å². The lowest BCUT2D eigenvalue weighted by Crippen LogP contribution is -2.49. The zero-order valence-corrected chi connectivity index (χ0v) is 14.3. The second-order valence-corrected chi connectivity index (χ2v) is 5.51. The molecule has 0 atom stereocenters. The highest BCUT2D eigenvalue weighted by atomic mass is 16.5. The highest BCUT2D eigenvalue weighted by molar-refractivity contribution is 5.68. The number of methoxy groups -OCH3 is 2. The summed E-state index contributed by atoms with van der Waals surface area (Å²) in [6.07, 6.45) is 1.42. The summed E-state index contributed by atoms with van der Waals surface area (Å²) in [6.45, 7) is 2.49. The largest absolute Gasteiger partial charge is 0.495 e. The van der Waals surface area contributed by atoms with E-state index >= 15 is 0 Å². The number of benzene rings is 1. The third-order valence-electron chi connectivity index (χ3n) is 4.01. The molecule has 1 aromatic carbocycles. The molecule has 3 rings (SSSR count). The van der Waals surface area contributed by atoms with Gasteiger partial charge in [-0.2, -0.15) is 4.98 Å². The lowest BCUT2D eigenvalue weighted by Gasteiger charge is -2.33. The van der Waals surface area contributed by atoms with E-state index in [9.17, 15) is 4.79 Å². The van der Waals surface area contributed by atoms with Crippen LogP contribution in [0.2, 0.25) is 0 Å². The Morgan fingerprint density at radius 2 is 1.88 bits per heavy atom. The molecule has 1 aliphatic heterocycles. The molecule has 2 aromatic rings. The van der Waals surface area contributed by atoms with Crippen molar-refractivity contribution in [2.75, 3.05) is 50.6 Å². The highest BCUT2D eigenvalue weighted by Crippen LogP contribution is 2.26. The molecule has 0 unspecified atom stereocenters. The lowest BCUT2D eigenvalue weighted by molar-refractivity contribution is 0.121. The van der Waals surface area contributed by atoms with Gasteiger partial charge < -0.3 is 24.6 Å². The zero-order valence-electron chi connectivity index (χ0n) is 14.3. The summed E-state index contributed by atoms with van der Waals surface area (Å²) in [5.41, 5.74) is 0.838. The number of nitrogens with zero attached hydrogens (tertiary/aromatic N) is 4. The Hall–Kier alpha value is -3.03. The van der Waals surface area contributed by atoms with Crippen molar-refractivity contribution in [3.8, 4) is 5.75 Å². The van der Waals surface area contributed by atoms with Gasteiger partial charge in [0, 0.05) is 32.4 Å². The fraction of sp³-hybridized carbons (Fsp3) is 0.353. The van der Waals surface area contributed by atoms with Crippen molar-refractivity contribution in [3.05, 3.63) is 36.5 Å². The van der Waals surface area contributed by atoms with Crippen LogP contribution in [0.1, 0.15) is 0 Å². The van der Waals surface area contributed by atoms with Crippen LogP contribution < -0.4 is 15.0 Å². The predicted octanol–water partition coefficient (Wildman–Crippen LogP) is 2.12. The molecule has 0 aliphatic carbocycles. The Morgan fingerprint density at radius 3 is 2.60 bits per heavy atom. The van der Waals surface area contributed by atoms with Gasteiger partial charge in [-0.05, 0) is 18.2 Å². The number of nitrogens with one attached hydrogen (secondary N) is 1. The van der Waals surface area contributed by atoms with E-state index in [0.717, 1.165) is 11.4 Å². The number of para-hydroxylation sites is 2. The van der Waals surface area contributed by atoms with Crippen LogP contribution in [0.5, 0.6) is 5.75 Å². The Labute approximate surface area is 146 Å². The molecule has 1 aliphatic rings. The molecule has 0 saturated carbocycles. The first-order valence-electron chi connectivity index (χ1n) is 8.02. The van der Waals surface area contributed by atoms with Crippen molar-refractivity contribution in [2.24, 2.45) is 0 Å². The highest BCUT2D eigenvalue weighted by Gasteiger charge is 2.23. The Kier molecular flexibility index (Phi) is 5.17. The Bertz CT molecular complexity index is 732. The molecular weight excluding hydrogens is 322 g/mol. The number of carbonyl (C=O) groups is 1. The first-order valence-corrected chi connectivity index (χ1v) is 8.02. The summed E-state index contributed by atoms with van der Waals surface area (Å²) in [5, 5.41) is 3.25. The van der Waals surface area contributed by atoms with Crippen molar-refractivity contribution in [1.82, 2.24) is 14.9 Å². The maximum Gasteiger partial charge on any atom is 0.409 e. The van der Waals surface area contributed by atoms with Crippen LogP contribution in [0.15, 0.2) is 36.5 Å². The van der Waals surface area contributed by atoms with Crippen molar-refractivity contribution in [2.45, 2.75) is 0 Å². The molecule has 1 fully saturated rings. The van der Waals surface area contributed by atoms with Crippen molar-refractivity contribution in [1.29, 1.82) is 0 Å². The fourth-order valence-corrected chi connectivity index (χ4v) is 2.67. The molecule has 25 heavy (non-hydrogen) atoms. The quantitative estimate of drug-likeness (QED) is 0.911. The first kappa shape index (κ1) is 16.8. The van der Waals surface area contributed by atoms with Crippen LogP contribution in [0.3, 0.4) is 0 Å². The van der Waals surface area contributed by atoms with Crippen LogP contribution >= 0.6 is 0 Å². The van der Waals surface area contributed by atoms with Crippen molar-refractivity contribution < 1.29 is 14.3 Å². The Morgan fingerprint density at radius 1 is 1.12 bits per heavy atom. The average molecular weight is 343 g/mol. The molecule has 0 spiro atoms. The standard InChI is InChI=1S/C17H21N5O3/c1-24-14-6-4-3-5-13(14)19-15-7-8-18-16(20-15)21-9-11-22(12-10-21)17(23)25-2/h3-8H,9-12H2,1-2H3,(H,18,19,20). The molecule has 8 heteroatoms. The van der Waals surface area contributed by atoms with Crippen LogP contribution in [0.25, 0.3) is 0 Å². The van der Waals surface area contributed by atoms with E-state index in [4.69, 9.17) is 9.47 Å². The molecule has 0 bridgehead atoms. The van der Waals surface area contributed by atoms with E-state index in [0.29, 0.717) is 37.9 Å². The van der Waals surface area contributed by atoms with Crippen LogP contribution in [0.4, 0.5) is 22.2 Å². The van der Waals surface area contributed by atoms with Crippen molar-refractivity contribution in [3.63, 3.8) is 0 Å². The van der Waals surface area contributed by atoms with Gasteiger partial charge in [-0.15, -0.1) is 0 Å². The fourth-order valence-electron chi connectivity index (χ4n) is 2.67. The second kappa shape index (κ2) is 7.69.